The highest BCUT2D eigenvalue weighted by atomic mass is 19.3. The standard InChI is InChI=1S/C25H19F2NO5/c1-14-2-8-18(28-22(14)15-3-5-16(6-4-15)23(30)31)13-21(29)24(10-11-24)17-7-9-19-20(12-17)33-25(26,27)32-19/h2-9,12H,10-11,13H2,1H3,(H,30,31). The number of ketones is 1. The average molecular weight is 451 g/mol. The van der Waals surface area contributed by atoms with E-state index in [4.69, 9.17) is 5.11 Å². The van der Waals surface area contributed by atoms with Crippen LogP contribution < -0.4 is 9.47 Å². The summed E-state index contributed by atoms with van der Waals surface area (Å²) >= 11 is 0. The second-order valence-electron chi connectivity index (χ2n) is 8.36. The number of carboxylic acids is 1. The van der Waals surface area contributed by atoms with Crippen LogP contribution in [0.1, 0.15) is 40.0 Å². The maximum atomic E-state index is 13.4. The van der Waals surface area contributed by atoms with E-state index in [0.717, 1.165) is 11.1 Å². The summed E-state index contributed by atoms with van der Waals surface area (Å²) in [7, 11) is 0. The maximum Gasteiger partial charge on any atom is 0.586 e. The second-order valence-corrected chi connectivity index (χ2v) is 8.36. The Morgan fingerprint density at radius 2 is 1.70 bits per heavy atom. The van der Waals surface area contributed by atoms with Gasteiger partial charge in [-0.05, 0) is 61.2 Å². The number of aromatic nitrogens is 1. The molecule has 5 rings (SSSR count). The Morgan fingerprint density at radius 1 is 1.00 bits per heavy atom. The molecule has 1 N–H and O–H groups in total. The number of aryl methyl sites for hydroxylation is 1. The summed E-state index contributed by atoms with van der Waals surface area (Å²) in [6, 6.07) is 14.6. The van der Waals surface area contributed by atoms with Crippen molar-refractivity contribution in [3.8, 4) is 22.8 Å². The number of fused-ring (bicyclic) bond motifs is 1. The van der Waals surface area contributed by atoms with Crippen molar-refractivity contribution in [3.05, 3.63) is 77.0 Å². The lowest BCUT2D eigenvalue weighted by Gasteiger charge is -2.15. The highest BCUT2D eigenvalue weighted by Gasteiger charge is 2.52. The van der Waals surface area contributed by atoms with Gasteiger partial charge in [-0.3, -0.25) is 9.78 Å². The molecule has 1 aromatic heterocycles. The summed E-state index contributed by atoms with van der Waals surface area (Å²) in [5, 5.41) is 9.09. The minimum atomic E-state index is -3.70. The van der Waals surface area contributed by atoms with Crippen molar-refractivity contribution in [1.82, 2.24) is 4.98 Å². The lowest BCUT2D eigenvalue weighted by molar-refractivity contribution is -0.286. The molecule has 0 atom stereocenters. The number of nitrogens with zero attached hydrogens (tertiary/aromatic N) is 1. The van der Waals surface area contributed by atoms with Crippen molar-refractivity contribution in [2.75, 3.05) is 0 Å². The highest BCUT2D eigenvalue weighted by Crippen LogP contribution is 2.52. The van der Waals surface area contributed by atoms with Crippen LogP contribution in [0.2, 0.25) is 0 Å². The third-order valence-corrected chi connectivity index (χ3v) is 6.14. The van der Waals surface area contributed by atoms with Crippen molar-refractivity contribution in [2.24, 2.45) is 0 Å². The van der Waals surface area contributed by atoms with Gasteiger partial charge in [0.2, 0.25) is 0 Å². The molecule has 2 heterocycles. The average Bonchev–Trinajstić information content (AvgIpc) is 3.52. The van der Waals surface area contributed by atoms with Gasteiger partial charge in [0.1, 0.15) is 5.78 Å². The number of aromatic carboxylic acids is 1. The van der Waals surface area contributed by atoms with Crippen molar-refractivity contribution < 1.29 is 33.0 Å². The molecule has 168 valence electrons. The number of hydrogen-bond acceptors (Lipinski definition) is 5. The van der Waals surface area contributed by atoms with E-state index in [1.807, 2.05) is 13.0 Å². The maximum absolute atomic E-state index is 13.4. The van der Waals surface area contributed by atoms with E-state index in [9.17, 15) is 18.4 Å². The summed E-state index contributed by atoms with van der Waals surface area (Å²) in [5.74, 6) is -1.17. The van der Waals surface area contributed by atoms with Crippen molar-refractivity contribution in [1.29, 1.82) is 0 Å². The lowest BCUT2D eigenvalue weighted by Crippen LogP contribution is -2.26. The molecule has 0 radical (unpaired) electrons. The number of halogens is 2. The number of carboxylic acid groups (broad SMARTS) is 1. The zero-order valence-electron chi connectivity index (χ0n) is 17.6. The number of Topliss-reactive ketones (excluding diaryl/α,β-unsaturated/α-hetero) is 1. The molecular formula is C25H19F2NO5. The molecule has 1 fully saturated rings. The van der Waals surface area contributed by atoms with E-state index in [2.05, 4.69) is 14.5 Å². The fraction of sp³-hybridized carbons (Fsp3) is 0.240. The number of carbonyl (C=O) groups excluding carboxylic acids is 1. The predicted octanol–water partition coefficient (Wildman–Crippen LogP) is 4.92. The summed E-state index contributed by atoms with van der Waals surface area (Å²) in [4.78, 5) is 29.0. The van der Waals surface area contributed by atoms with E-state index < -0.39 is 17.7 Å². The van der Waals surface area contributed by atoms with Gasteiger partial charge in [-0.25, -0.2) is 4.79 Å². The number of carbonyl (C=O) groups is 2. The fourth-order valence-corrected chi connectivity index (χ4v) is 4.16. The lowest BCUT2D eigenvalue weighted by atomic mass is 9.88. The molecule has 1 aliphatic heterocycles. The van der Waals surface area contributed by atoms with Crippen LogP contribution in [-0.2, 0) is 16.6 Å². The SMILES string of the molecule is Cc1ccc(CC(=O)C2(c3ccc4c(c3)OC(F)(F)O4)CC2)nc1-c1ccc(C(=O)O)cc1. The molecule has 2 aliphatic rings. The molecule has 0 bridgehead atoms. The molecule has 2 aromatic carbocycles. The van der Waals surface area contributed by atoms with Gasteiger partial charge in [-0.2, -0.15) is 0 Å². The Kier molecular flexibility index (Phi) is 4.70. The smallest absolute Gasteiger partial charge is 0.478 e. The molecule has 1 aliphatic carbocycles. The summed E-state index contributed by atoms with van der Waals surface area (Å²) in [6.07, 6.45) is -2.37. The van der Waals surface area contributed by atoms with Crippen molar-refractivity contribution in [2.45, 2.75) is 37.9 Å². The Hall–Kier alpha value is -3.81. The first-order chi connectivity index (χ1) is 15.7. The van der Waals surface area contributed by atoms with Crippen molar-refractivity contribution >= 4 is 11.8 Å². The Balaban J connectivity index is 1.38. The molecular weight excluding hydrogens is 432 g/mol. The van der Waals surface area contributed by atoms with Crippen molar-refractivity contribution in [3.63, 3.8) is 0 Å². The number of rotatable bonds is 6. The van der Waals surface area contributed by atoms with Crippen LogP contribution in [-0.4, -0.2) is 28.1 Å². The first-order valence-electron chi connectivity index (χ1n) is 10.4. The molecule has 8 heteroatoms. The minimum absolute atomic E-state index is 0.0448. The van der Waals surface area contributed by atoms with Gasteiger partial charge in [0.25, 0.3) is 0 Å². The molecule has 33 heavy (non-hydrogen) atoms. The quantitative estimate of drug-likeness (QED) is 0.573. The molecule has 0 spiro atoms. The van der Waals surface area contributed by atoms with E-state index in [0.29, 0.717) is 29.8 Å². The number of ether oxygens (including phenoxy) is 2. The van der Waals surface area contributed by atoms with E-state index in [1.165, 1.54) is 24.3 Å². The monoisotopic (exact) mass is 451 g/mol. The number of hydrogen-bond donors (Lipinski definition) is 1. The Morgan fingerprint density at radius 3 is 2.36 bits per heavy atom. The van der Waals surface area contributed by atoms with Crippen LogP contribution in [0, 0.1) is 6.92 Å². The summed E-state index contributed by atoms with van der Waals surface area (Å²) in [6.45, 7) is 1.89. The third-order valence-electron chi connectivity index (χ3n) is 6.14. The van der Waals surface area contributed by atoms with Crippen LogP contribution in [0.25, 0.3) is 11.3 Å². The van der Waals surface area contributed by atoms with E-state index >= 15 is 0 Å². The topological polar surface area (TPSA) is 85.7 Å². The first-order valence-corrected chi connectivity index (χ1v) is 10.4. The summed E-state index contributed by atoms with van der Waals surface area (Å²) < 4.78 is 35.7. The van der Waals surface area contributed by atoms with Crippen LogP contribution in [0.4, 0.5) is 8.78 Å². The zero-order valence-corrected chi connectivity index (χ0v) is 17.6. The number of benzene rings is 2. The van der Waals surface area contributed by atoms with Crippen LogP contribution in [0.5, 0.6) is 11.5 Å². The Labute approximate surface area is 187 Å². The molecule has 0 amide bonds. The number of pyridine rings is 1. The molecule has 0 unspecified atom stereocenters. The fourth-order valence-electron chi connectivity index (χ4n) is 4.16. The molecule has 6 nitrogen and oxygen atoms in total. The highest BCUT2D eigenvalue weighted by molar-refractivity contribution is 5.94. The first kappa shape index (κ1) is 21.1. The Bertz CT molecular complexity index is 1280. The molecule has 1 saturated carbocycles. The van der Waals surface area contributed by atoms with Gasteiger partial charge < -0.3 is 14.6 Å². The van der Waals surface area contributed by atoms with Crippen LogP contribution in [0.3, 0.4) is 0 Å². The van der Waals surface area contributed by atoms with Gasteiger partial charge in [-0.15, -0.1) is 8.78 Å². The van der Waals surface area contributed by atoms with E-state index in [1.54, 1.807) is 24.3 Å². The normalized spacial score (nSPS) is 16.9. The van der Waals surface area contributed by atoms with Gasteiger partial charge in [0.15, 0.2) is 11.5 Å². The molecule has 0 saturated heterocycles. The largest absolute Gasteiger partial charge is 0.586 e. The van der Waals surface area contributed by atoms with Gasteiger partial charge in [0.05, 0.1) is 16.7 Å². The van der Waals surface area contributed by atoms with Gasteiger partial charge >= 0.3 is 12.3 Å². The molecule has 3 aromatic rings. The predicted molar refractivity (Wildman–Crippen MR) is 114 cm³/mol. The minimum Gasteiger partial charge on any atom is -0.478 e. The summed E-state index contributed by atoms with van der Waals surface area (Å²) in [5.41, 5.74) is 2.97. The van der Waals surface area contributed by atoms with Gasteiger partial charge in [-0.1, -0.05) is 24.3 Å². The van der Waals surface area contributed by atoms with Crippen LogP contribution in [0.15, 0.2) is 54.6 Å². The second kappa shape index (κ2) is 7.37. The van der Waals surface area contributed by atoms with E-state index in [-0.39, 0.29) is 29.3 Å². The zero-order chi connectivity index (χ0) is 23.4. The van der Waals surface area contributed by atoms with Crippen LogP contribution >= 0.6 is 0 Å². The third kappa shape index (κ3) is 3.82. The van der Waals surface area contributed by atoms with Gasteiger partial charge in [0, 0.05) is 17.7 Å². The number of alkyl halides is 2.